The fourth-order valence-electron chi connectivity index (χ4n) is 3.03. The fraction of sp³-hybridized carbons (Fsp3) is 0.333. The normalized spacial score (nSPS) is 15.2. The van der Waals surface area contributed by atoms with E-state index in [2.05, 4.69) is 13.2 Å². The highest BCUT2D eigenvalue weighted by Crippen LogP contribution is 2.31. The first-order chi connectivity index (χ1) is 16.5. The zero-order chi connectivity index (χ0) is 26.8. The molecule has 35 heavy (non-hydrogen) atoms. The molecule has 1 aromatic carbocycles. The third-order valence-corrected chi connectivity index (χ3v) is 4.91. The zero-order valence-electron chi connectivity index (χ0n) is 20.8. The van der Waals surface area contributed by atoms with Crippen LogP contribution in [0.15, 0.2) is 77.8 Å². The summed E-state index contributed by atoms with van der Waals surface area (Å²) in [5, 5.41) is 9.04. The van der Waals surface area contributed by atoms with Crippen molar-refractivity contribution >= 4 is 5.97 Å². The summed E-state index contributed by atoms with van der Waals surface area (Å²) in [5.41, 5.74) is 2.04. The summed E-state index contributed by atoms with van der Waals surface area (Å²) in [6.45, 7) is 14.2. The van der Waals surface area contributed by atoms with Gasteiger partial charge in [0.15, 0.2) is 0 Å². The van der Waals surface area contributed by atoms with Crippen LogP contribution in [0.3, 0.4) is 0 Å². The van der Waals surface area contributed by atoms with Crippen molar-refractivity contribution < 1.29 is 27.4 Å². The number of halogens is 3. The minimum Gasteiger partial charge on any atom is -0.488 e. The molecule has 1 saturated heterocycles. The minimum absolute atomic E-state index is 0.110. The van der Waals surface area contributed by atoms with Crippen molar-refractivity contribution in [1.82, 2.24) is 4.90 Å². The molecular formula is C27H31F3N2O3. The Hall–Kier alpha value is -3.73. The molecule has 0 N–H and O–H groups in total. The second-order valence-corrected chi connectivity index (χ2v) is 7.50. The Balaban J connectivity index is 0.00000298. The first kappa shape index (κ1) is 29.3. The van der Waals surface area contributed by atoms with E-state index in [-0.39, 0.29) is 17.9 Å². The molecule has 1 aromatic rings. The molecule has 0 aromatic heterocycles. The first-order valence-corrected chi connectivity index (χ1v) is 11.0. The SMILES string of the molecule is C=C(/C(C)=C/C(=C\C)C(=O)OC)/C(=C\C(=C)N1CC(F)(F)C1)OCc1cc(F)cc(C#N)c1.CC. The third-order valence-electron chi connectivity index (χ3n) is 4.91. The van der Waals surface area contributed by atoms with Crippen LogP contribution in [0.2, 0.25) is 0 Å². The maximum atomic E-state index is 13.8. The van der Waals surface area contributed by atoms with E-state index in [4.69, 9.17) is 14.7 Å². The zero-order valence-corrected chi connectivity index (χ0v) is 20.8. The van der Waals surface area contributed by atoms with E-state index in [1.165, 1.54) is 30.2 Å². The lowest BCUT2D eigenvalue weighted by molar-refractivity contribution is -0.135. The van der Waals surface area contributed by atoms with Gasteiger partial charge in [-0.25, -0.2) is 18.0 Å². The van der Waals surface area contributed by atoms with Crippen molar-refractivity contribution in [3.63, 3.8) is 0 Å². The average Bonchev–Trinajstić information content (AvgIpc) is 2.82. The molecule has 8 heteroatoms. The van der Waals surface area contributed by atoms with Gasteiger partial charge in [0.05, 0.1) is 37.4 Å². The van der Waals surface area contributed by atoms with Crippen molar-refractivity contribution in [3.8, 4) is 6.07 Å². The molecule has 0 unspecified atom stereocenters. The number of benzene rings is 1. The van der Waals surface area contributed by atoms with Gasteiger partial charge in [0, 0.05) is 17.3 Å². The number of ether oxygens (including phenoxy) is 2. The number of alkyl halides is 2. The van der Waals surface area contributed by atoms with E-state index in [0.29, 0.717) is 28.0 Å². The summed E-state index contributed by atoms with van der Waals surface area (Å²) in [4.78, 5) is 13.3. The highest BCUT2D eigenvalue weighted by molar-refractivity contribution is 5.91. The number of nitriles is 1. The van der Waals surface area contributed by atoms with E-state index in [1.807, 2.05) is 19.9 Å². The number of carbonyl (C=O) groups is 1. The van der Waals surface area contributed by atoms with E-state index in [1.54, 1.807) is 26.0 Å². The summed E-state index contributed by atoms with van der Waals surface area (Å²) in [7, 11) is 1.26. The van der Waals surface area contributed by atoms with E-state index in [0.717, 1.165) is 6.07 Å². The Kier molecular flexibility index (Phi) is 11.1. The van der Waals surface area contributed by atoms with Gasteiger partial charge in [-0.05, 0) is 49.3 Å². The van der Waals surface area contributed by atoms with E-state index in [9.17, 15) is 18.0 Å². The molecule has 0 saturated carbocycles. The smallest absolute Gasteiger partial charge is 0.337 e. The van der Waals surface area contributed by atoms with E-state index < -0.39 is 30.8 Å². The third kappa shape index (κ3) is 8.53. The quantitative estimate of drug-likeness (QED) is 0.179. The molecule has 0 radical (unpaired) electrons. The summed E-state index contributed by atoms with van der Waals surface area (Å²) < 4.78 is 50.9. The van der Waals surface area contributed by atoms with Crippen LogP contribution in [0.1, 0.15) is 38.8 Å². The average molecular weight is 489 g/mol. The lowest BCUT2D eigenvalue weighted by Gasteiger charge is -2.40. The van der Waals surface area contributed by atoms with Crippen LogP contribution in [-0.2, 0) is 20.9 Å². The molecule has 188 valence electrons. The van der Waals surface area contributed by atoms with Crippen LogP contribution >= 0.6 is 0 Å². The Morgan fingerprint density at radius 2 is 1.86 bits per heavy atom. The second-order valence-electron chi connectivity index (χ2n) is 7.50. The Morgan fingerprint density at radius 1 is 1.23 bits per heavy atom. The van der Waals surface area contributed by atoms with E-state index >= 15 is 0 Å². The van der Waals surface area contributed by atoms with Crippen LogP contribution in [0.5, 0.6) is 0 Å². The van der Waals surface area contributed by atoms with Crippen molar-refractivity contribution in [2.24, 2.45) is 0 Å². The van der Waals surface area contributed by atoms with Crippen molar-refractivity contribution in [1.29, 1.82) is 5.26 Å². The number of carbonyl (C=O) groups excluding carboxylic acids is 1. The standard InChI is InChI=1S/C25H25F3N2O3.C2H6/c1-6-21(24(31)32-5)7-16(2)18(4)23(8-17(3)30-14-25(27,28)15-30)33-13-20-9-19(12-29)10-22(26)11-20;1-2/h6-11H,3-4,13-15H2,1-2,5H3;1-2H3/b16-7+,21-6+,23-8+;. The maximum absolute atomic E-state index is 13.8. The van der Waals surface area contributed by atoms with Crippen LogP contribution < -0.4 is 0 Å². The molecule has 1 heterocycles. The maximum Gasteiger partial charge on any atom is 0.337 e. The monoisotopic (exact) mass is 488 g/mol. The largest absolute Gasteiger partial charge is 0.488 e. The molecule has 2 rings (SSSR count). The minimum atomic E-state index is -2.78. The molecule has 0 atom stereocenters. The van der Waals surface area contributed by atoms with Crippen LogP contribution in [0.25, 0.3) is 0 Å². The number of allylic oxidation sites excluding steroid dienone is 3. The Labute approximate surface area is 205 Å². The number of hydrogen-bond donors (Lipinski definition) is 0. The molecule has 0 spiro atoms. The van der Waals surface area contributed by atoms with Gasteiger partial charge < -0.3 is 14.4 Å². The number of esters is 1. The highest BCUT2D eigenvalue weighted by atomic mass is 19.3. The van der Waals surface area contributed by atoms with Gasteiger partial charge >= 0.3 is 5.97 Å². The Bertz CT molecular complexity index is 1090. The molecule has 0 aliphatic carbocycles. The second kappa shape index (κ2) is 13.2. The van der Waals surface area contributed by atoms with Gasteiger partial charge in [0.1, 0.15) is 18.2 Å². The molecule has 5 nitrogen and oxygen atoms in total. The summed E-state index contributed by atoms with van der Waals surface area (Å²) in [6, 6.07) is 5.68. The van der Waals surface area contributed by atoms with Crippen LogP contribution in [-0.4, -0.2) is 37.0 Å². The van der Waals surface area contributed by atoms with Gasteiger partial charge in [0.25, 0.3) is 5.92 Å². The summed E-state index contributed by atoms with van der Waals surface area (Å²) in [6.07, 6.45) is 4.60. The molecule has 0 amide bonds. The predicted molar refractivity (Wildman–Crippen MR) is 130 cm³/mol. The summed E-state index contributed by atoms with van der Waals surface area (Å²) in [5.74, 6) is -3.70. The fourth-order valence-corrected chi connectivity index (χ4v) is 3.03. The van der Waals surface area contributed by atoms with Crippen LogP contribution in [0.4, 0.5) is 13.2 Å². The Morgan fingerprint density at radius 3 is 2.37 bits per heavy atom. The van der Waals surface area contributed by atoms with Gasteiger partial charge in [0.2, 0.25) is 0 Å². The van der Waals surface area contributed by atoms with Crippen LogP contribution in [0, 0.1) is 17.1 Å². The number of likely N-dealkylation sites (tertiary alicyclic amines) is 1. The lowest BCUT2D eigenvalue weighted by Crippen LogP contribution is -2.54. The lowest BCUT2D eigenvalue weighted by atomic mass is 10.0. The van der Waals surface area contributed by atoms with Crippen molar-refractivity contribution in [2.45, 2.75) is 40.2 Å². The predicted octanol–water partition coefficient (Wildman–Crippen LogP) is 6.21. The van der Waals surface area contributed by atoms with Crippen molar-refractivity contribution in [2.75, 3.05) is 20.2 Å². The number of rotatable bonds is 9. The van der Waals surface area contributed by atoms with Crippen molar-refractivity contribution in [3.05, 3.63) is 94.7 Å². The topological polar surface area (TPSA) is 62.6 Å². The molecular weight excluding hydrogens is 457 g/mol. The molecule has 1 aliphatic heterocycles. The van der Waals surface area contributed by atoms with Gasteiger partial charge in [-0.1, -0.05) is 33.1 Å². The van der Waals surface area contributed by atoms with Gasteiger partial charge in [-0.2, -0.15) is 5.26 Å². The molecule has 1 aliphatic rings. The summed E-state index contributed by atoms with van der Waals surface area (Å²) >= 11 is 0. The molecule has 1 fully saturated rings. The molecule has 0 bridgehead atoms. The van der Waals surface area contributed by atoms with Gasteiger partial charge in [-0.15, -0.1) is 0 Å². The highest BCUT2D eigenvalue weighted by Gasteiger charge is 2.44. The number of methoxy groups -OCH3 is 1. The number of hydrogen-bond acceptors (Lipinski definition) is 5. The first-order valence-electron chi connectivity index (χ1n) is 11.0. The number of nitrogens with zero attached hydrogens (tertiary/aromatic N) is 2. The van der Waals surface area contributed by atoms with Gasteiger partial charge in [-0.3, -0.25) is 0 Å².